The molecule has 0 radical (unpaired) electrons. The number of anilines is 1. The summed E-state index contributed by atoms with van der Waals surface area (Å²) in [5.74, 6) is 0.680. The van der Waals surface area contributed by atoms with Gasteiger partial charge in [-0.3, -0.25) is 0 Å². The Morgan fingerprint density at radius 1 is 1.28 bits per heavy atom. The number of benzene rings is 1. The fourth-order valence-corrected chi connectivity index (χ4v) is 2.11. The normalized spacial score (nSPS) is 11.0. The number of pyridine rings is 1. The maximum absolute atomic E-state index is 5.77. The first-order chi connectivity index (χ1) is 8.63. The van der Waals surface area contributed by atoms with Crippen molar-refractivity contribution in [1.29, 1.82) is 0 Å². The van der Waals surface area contributed by atoms with Gasteiger partial charge < -0.3 is 5.73 Å². The predicted molar refractivity (Wildman–Crippen MR) is 75.3 cm³/mol. The molecule has 4 nitrogen and oxygen atoms in total. The minimum atomic E-state index is 0.680. The first kappa shape index (κ1) is 11.2. The third-order valence-electron chi connectivity index (χ3n) is 2.76. The number of rotatable bonds is 1. The smallest absolute Gasteiger partial charge is 0.182 e. The molecule has 0 aliphatic carbocycles. The number of fused-ring (bicyclic) bond motifs is 1. The molecule has 0 aliphatic heterocycles. The van der Waals surface area contributed by atoms with Crippen LogP contribution in [0.3, 0.4) is 0 Å². The van der Waals surface area contributed by atoms with Crippen LogP contribution in [-0.4, -0.2) is 14.6 Å². The topological polar surface area (TPSA) is 56.2 Å². The predicted octanol–water partition coefficient (Wildman–Crippen LogP) is 3.05. The van der Waals surface area contributed by atoms with Crippen LogP contribution in [0.15, 0.2) is 41.0 Å². The van der Waals surface area contributed by atoms with E-state index < -0.39 is 0 Å². The second-order valence-electron chi connectivity index (χ2n) is 4.17. The Kier molecular flexibility index (Phi) is 2.56. The van der Waals surface area contributed by atoms with E-state index in [9.17, 15) is 0 Å². The molecule has 0 atom stereocenters. The van der Waals surface area contributed by atoms with Gasteiger partial charge in [0.1, 0.15) is 0 Å². The van der Waals surface area contributed by atoms with Crippen molar-refractivity contribution in [1.82, 2.24) is 14.6 Å². The van der Waals surface area contributed by atoms with Gasteiger partial charge in [-0.05, 0) is 46.6 Å². The van der Waals surface area contributed by atoms with Crippen molar-refractivity contribution in [3.8, 4) is 11.4 Å². The number of halogens is 1. The molecule has 0 aliphatic rings. The number of hydrogen-bond acceptors (Lipinski definition) is 3. The molecular formula is C13H11BrN4. The Hall–Kier alpha value is -1.88. The van der Waals surface area contributed by atoms with Gasteiger partial charge in [-0.25, -0.2) is 9.50 Å². The van der Waals surface area contributed by atoms with Gasteiger partial charge in [-0.1, -0.05) is 12.1 Å². The standard InChI is InChI=1S/C13H11BrN4/c1-8-5-12-16-13(17-18(12)7-11(8)14)9-3-2-4-10(15)6-9/h2-7H,15H2,1H3. The van der Waals surface area contributed by atoms with E-state index in [1.54, 1.807) is 4.52 Å². The maximum atomic E-state index is 5.77. The fraction of sp³-hybridized carbons (Fsp3) is 0.0769. The molecule has 2 aromatic heterocycles. The van der Waals surface area contributed by atoms with Crippen molar-refractivity contribution >= 4 is 27.3 Å². The van der Waals surface area contributed by atoms with Gasteiger partial charge >= 0.3 is 0 Å². The van der Waals surface area contributed by atoms with Crippen molar-refractivity contribution in [2.45, 2.75) is 6.92 Å². The van der Waals surface area contributed by atoms with Gasteiger partial charge in [0.2, 0.25) is 0 Å². The molecule has 5 heteroatoms. The molecule has 0 saturated carbocycles. The first-order valence-electron chi connectivity index (χ1n) is 5.52. The van der Waals surface area contributed by atoms with Gasteiger partial charge in [0.15, 0.2) is 11.5 Å². The highest BCUT2D eigenvalue weighted by molar-refractivity contribution is 9.10. The molecule has 1 aromatic carbocycles. The van der Waals surface area contributed by atoms with E-state index in [-0.39, 0.29) is 0 Å². The molecule has 2 heterocycles. The Morgan fingerprint density at radius 2 is 2.11 bits per heavy atom. The van der Waals surface area contributed by atoms with Crippen LogP contribution >= 0.6 is 15.9 Å². The van der Waals surface area contributed by atoms with E-state index >= 15 is 0 Å². The first-order valence-corrected chi connectivity index (χ1v) is 6.31. The maximum Gasteiger partial charge on any atom is 0.182 e. The van der Waals surface area contributed by atoms with Crippen LogP contribution in [0.1, 0.15) is 5.56 Å². The van der Waals surface area contributed by atoms with Gasteiger partial charge in [0, 0.05) is 21.9 Å². The van der Waals surface area contributed by atoms with E-state index in [4.69, 9.17) is 5.73 Å². The van der Waals surface area contributed by atoms with Crippen LogP contribution in [0.25, 0.3) is 17.0 Å². The summed E-state index contributed by atoms with van der Waals surface area (Å²) in [7, 11) is 0. The van der Waals surface area contributed by atoms with Crippen LogP contribution < -0.4 is 5.73 Å². The van der Waals surface area contributed by atoms with Gasteiger partial charge in [0.05, 0.1) is 0 Å². The third kappa shape index (κ3) is 1.86. The quantitative estimate of drug-likeness (QED) is 0.703. The Labute approximate surface area is 113 Å². The highest BCUT2D eigenvalue weighted by Crippen LogP contribution is 2.21. The largest absolute Gasteiger partial charge is 0.399 e. The average molecular weight is 303 g/mol. The van der Waals surface area contributed by atoms with E-state index in [2.05, 4.69) is 26.0 Å². The second-order valence-corrected chi connectivity index (χ2v) is 5.02. The number of hydrogen-bond donors (Lipinski definition) is 1. The Morgan fingerprint density at radius 3 is 2.89 bits per heavy atom. The summed E-state index contributed by atoms with van der Waals surface area (Å²) in [5.41, 5.74) is 9.36. The zero-order valence-corrected chi connectivity index (χ0v) is 11.3. The second kappa shape index (κ2) is 4.10. The average Bonchev–Trinajstić information content (AvgIpc) is 2.73. The monoisotopic (exact) mass is 302 g/mol. The van der Waals surface area contributed by atoms with Gasteiger partial charge in [-0.2, -0.15) is 0 Å². The van der Waals surface area contributed by atoms with E-state index in [0.717, 1.165) is 21.2 Å². The molecule has 0 unspecified atom stereocenters. The lowest BCUT2D eigenvalue weighted by Crippen LogP contribution is -1.89. The summed E-state index contributed by atoms with van der Waals surface area (Å²) in [6, 6.07) is 9.56. The summed E-state index contributed by atoms with van der Waals surface area (Å²) in [6.07, 6.45) is 1.91. The molecule has 0 saturated heterocycles. The molecular weight excluding hydrogens is 292 g/mol. The molecule has 0 fully saturated rings. The molecule has 0 bridgehead atoms. The van der Waals surface area contributed by atoms with Crippen molar-refractivity contribution in [3.05, 3.63) is 46.6 Å². The highest BCUT2D eigenvalue weighted by atomic mass is 79.9. The van der Waals surface area contributed by atoms with Crippen LogP contribution in [0.2, 0.25) is 0 Å². The number of aryl methyl sites for hydroxylation is 1. The minimum Gasteiger partial charge on any atom is -0.399 e. The molecule has 0 spiro atoms. The van der Waals surface area contributed by atoms with E-state index in [1.807, 2.05) is 43.5 Å². The Balaban J connectivity index is 2.19. The molecule has 2 N–H and O–H groups in total. The zero-order chi connectivity index (χ0) is 12.7. The number of nitrogens with zero attached hydrogens (tertiary/aromatic N) is 3. The number of nitrogen functional groups attached to an aromatic ring is 1. The molecule has 3 rings (SSSR count). The number of aromatic nitrogens is 3. The molecule has 0 amide bonds. The summed E-state index contributed by atoms with van der Waals surface area (Å²) in [6.45, 7) is 2.03. The van der Waals surface area contributed by atoms with Crippen LogP contribution in [0.4, 0.5) is 5.69 Å². The van der Waals surface area contributed by atoms with Crippen molar-refractivity contribution < 1.29 is 0 Å². The summed E-state index contributed by atoms with van der Waals surface area (Å²) >= 11 is 3.48. The van der Waals surface area contributed by atoms with Crippen molar-refractivity contribution in [3.63, 3.8) is 0 Å². The van der Waals surface area contributed by atoms with Gasteiger partial charge in [-0.15, -0.1) is 5.10 Å². The summed E-state index contributed by atoms with van der Waals surface area (Å²) in [5, 5.41) is 4.45. The summed E-state index contributed by atoms with van der Waals surface area (Å²) in [4.78, 5) is 4.50. The molecule has 90 valence electrons. The SMILES string of the molecule is Cc1cc2nc(-c3cccc(N)c3)nn2cc1Br. The number of nitrogens with two attached hydrogens (primary N) is 1. The van der Waals surface area contributed by atoms with Crippen LogP contribution in [0, 0.1) is 6.92 Å². The van der Waals surface area contributed by atoms with Crippen LogP contribution in [0.5, 0.6) is 0 Å². The fourth-order valence-electron chi connectivity index (χ4n) is 1.80. The lowest BCUT2D eigenvalue weighted by atomic mass is 10.2. The van der Waals surface area contributed by atoms with Crippen molar-refractivity contribution in [2.24, 2.45) is 0 Å². The van der Waals surface area contributed by atoms with Crippen molar-refractivity contribution in [2.75, 3.05) is 5.73 Å². The highest BCUT2D eigenvalue weighted by Gasteiger charge is 2.08. The molecule has 3 aromatic rings. The van der Waals surface area contributed by atoms with Gasteiger partial charge in [0.25, 0.3) is 0 Å². The van der Waals surface area contributed by atoms with E-state index in [1.165, 1.54) is 0 Å². The third-order valence-corrected chi connectivity index (χ3v) is 3.59. The van der Waals surface area contributed by atoms with Crippen LogP contribution in [-0.2, 0) is 0 Å². The lowest BCUT2D eigenvalue weighted by Gasteiger charge is -1.96. The lowest BCUT2D eigenvalue weighted by molar-refractivity contribution is 0.956. The van der Waals surface area contributed by atoms with E-state index in [0.29, 0.717) is 11.5 Å². The zero-order valence-electron chi connectivity index (χ0n) is 9.76. The molecule has 18 heavy (non-hydrogen) atoms. The Bertz CT molecular complexity index is 694. The minimum absolute atomic E-state index is 0.680. The summed E-state index contributed by atoms with van der Waals surface area (Å²) < 4.78 is 2.77.